The second-order valence-electron chi connectivity index (χ2n) is 5.15. The van der Waals surface area contributed by atoms with Crippen LogP contribution in [0.15, 0.2) is 30.3 Å². The van der Waals surface area contributed by atoms with E-state index in [4.69, 9.17) is 9.84 Å². The molecule has 0 radical (unpaired) electrons. The van der Waals surface area contributed by atoms with Crippen LogP contribution in [0, 0.1) is 5.92 Å². The van der Waals surface area contributed by atoms with E-state index in [1.807, 2.05) is 12.1 Å². The molecule has 0 amide bonds. The van der Waals surface area contributed by atoms with Crippen LogP contribution in [0.25, 0.3) is 6.08 Å². The number of piperidine rings is 1. The quantitative estimate of drug-likeness (QED) is 0.839. The third-order valence-corrected chi connectivity index (χ3v) is 3.69. The highest BCUT2D eigenvalue weighted by Crippen LogP contribution is 2.23. The van der Waals surface area contributed by atoms with Crippen molar-refractivity contribution in [2.75, 3.05) is 31.7 Å². The molecule has 0 aliphatic carbocycles. The zero-order valence-electron chi connectivity index (χ0n) is 11.8. The lowest BCUT2D eigenvalue weighted by atomic mass is 9.97. The standard InChI is InChI=1S/C16H21NO3/c1-20-12-14-8-10-17(11-9-14)15-5-2-13(3-6-15)4-7-16(18)19/h2-7,14H,8-12H2,1H3,(H,18,19). The smallest absolute Gasteiger partial charge is 0.328 e. The van der Waals surface area contributed by atoms with Gasteiger partial charge in [-0.15, -0.1) is 0 Å². The molecule has 0 spiro atoms. The van der Waals surface area contributed by atoms with E-state index in [9.17, 15) is 4.79 Å². The Bertz CT molecular complexity index is 459. The lowest BCUT2D eigenvalue weighted by Crippen LogP contribution is -2.34. The molecule has 1 heterocycles. The number of rotatable bonds is 5. The molecule has 0 aromatic heterocycles. The maximum Gasteiger partial charge on any atom is 0.328 e. The Hall–Kier alpha value is -1.81. The van der Waals surface area contributed by atoms with Crippen molar-refractivity contribution >= 4 is 17.7 Å². The van der Waals surface area contributed by atoms with Crippen LogP contribution in [0.3, 0.4) is 0 Å². The molecular weight excluding hydrogens is 254 g/mol. The first-order valence-corrected chi connectivity index (χ1v) is 6.94. The number of aliphatic carboxylic acids is 1. The summed E-state index contributed by atoms with van der Waals surface area (Å²) in [6.45, 7) is 2.96. The molecule has 0 unspecified atom stereocenters. The van der Waals surface area contributed by atoms with Crippen LogP contribution in [-0.2, 0) is 9.53 Å². The van der Waals surface area contributed by atoms with Crippen molar-refractivity contribution in [2.45, 2.75) is 12.8 Å². The minimum absolute atomic E-state index is 0.675. The van der Waals surface area contributed by atoms with Crippen LogP contribution in [-0.4, -0.2) is 37.9 Å². The minimum Gasteiger partial charge on any atom is -0.478 e. The van der Waals surface area contributed by atoms with E-state index >= 15 is 0 Å². The van der Waals surface area contributed by atoms with Gasteiger partial charge in [-0.05, 0) is 42.5 Å². The van der Waals surface area contributed by atoms with E-state index in [1.54, 1.807) is 13.2 Å². The van der Waals surface area contributed by atoms with Crippen LogP contribution in [0.4, 0.5) is 5.69 Å². The molecule has 1 fully saturated rings. The maximum absolute atomic E-state index is 10.5. The summed E-state index contributed by atoms with van der Waals surface area (Å²) in [7, 11) is 1.76. The monoisotopic (exact) mass is 275 g/mol. The first-order chi connectivity index (χ1) is 9.69. The summed E-state index contributed by atoms with van der Waals surface area (Å²) in [6.07, 6.45) is 5.09. The van der Waals surface area contributed by atoms with Gasteiger partial charge in [0.1, 0.15) is 0 Å². The lowest BCUT2D eigenvalue weighted by molar-refractivity contribution is -0.131. The van der Waals surface area contributed by atoms with E-state index in [0.29, 0.717) is 5.92 Å². The van der Waals surface area contributed by atoms with Crippen molar-refractivity contribution in [3.8, 4) is 0 Å². The molecule has 108 valence electrons. The van der Waals surface area contributed by atoms with Crippen LogP contribution >= 0.6 is 0 Å². The van der Waals surface area contributed by atoms with Gasteiger partial charge in [0.15, 0.2) is 0 Å². The van der Waals surface area contributed by atoms with Gasteiger partial charge in [0.25, 0.3) is 0 Å². The second-order valence-corrected chi connectivity index (χ2v) is 5.15. The summed E-state index contributed by atoms with van der Waals surface area (Å²) < 4.78 is 5.21. The maximum atomic E-state index is 10.5. The first kappa shape index (κ1) is 14.6. The molecule has 4 nitrogen and oxygen atoms in total. The molecule has 1 N–H and O–H groups in total. The van der Waals surface area contributed by atoms with Gasteiger partial charge in [0, 0.05) is 38.6 Å². The number of carboxylic acid groups (broad SMARTS) is 1. The fourth-order valence-electron chi connectivity index (χ4n) is 2.56. The molecular formula is C16H21NO3. The van der Waals surface area contributed by atoms with Crippen molar-refractivity contribution in [3.63, 3.8) is 0 Å². The van der Waals surface area contributed by atoms with Crippen LogP contribution in [0.5, 0.6) is 0 Å². The first-order valence-electron chi connectivity index (χ1n) is 6.94. The Morgan fingerprint density at radius 2 is 2.00 bits per heavy atom. The Labute approximate surface area is 119 Å². The zero-order valence-corrected chi connectivity index (χ0v) is 11.8. The predicted octanol–water partition coefficient (Wildman–Crippen LogP) is 2.65. The van der Waals surface area contributed by atoms with Crippen molar-refractivity contribution in [1.82, 2.24) is 0 Å². The molecule has 1 aliphatic heterocycles. The molecule has 1 aliphatic rings. The number of benzene rings is 1. The third-order valence-electron chi connectivity index (χ3n) is 3.69. The number of ether oxygens (including phenoxy) is 1. The second kappa shape index (κ2) is 7.10. The van der Waals surface area contributed by atoms with Crippen molar-refractivity contribution in [2.24, 2.45) is 5.92 Å². The Morgan fingerprint density at radius 3 is 2.55 bits per heavy atom. The highest BCUT2D eigenvalue weighted by Gasteiger charge is 2.18. The molecule has 0 atom stereocenters. The Morgan fingerprint density at radius 1 is 1.35 bits per heavy atom. The molecule has 20 heavy (non-hydrogen) atoms. The molecule has 0 bridgehead atoms. The van der Waals surface area contributed by atoms with Crippen molar-refractivity contribution in [3.05, 3.63) is 35.9 Å². The van der Waals surface area contributed by atoms with Gasteiger partial charge in [-0.25, -0.2) is 4.79 Å². The number of hydrogen-bond donors (Lipinski definition) is 1. The Balaban J connectivity index is 1.92. The molecule has 4 heteroatoms. The van der Waals surface area contributed by atoms with Gasteiger partial charge >= 0.3 is 5.97 Å². The molecule has 2 rings (SSSR count). The highest BCUT2D eigenvalue weighted by molar-refractivity contribution is 5.85. The van der Waals surface area contributed by atoms with Crippen molar-refractivity contribution < 1.29 is 14.6 Å². The van der Waals surface area contributed by atoms with E-state index in [1.165, 1.54) is 5.69 Å². The van der Waals surface area contributed by atoms with E-state index in [-0.39, 0.29) is 0 Å². The number of anilines is 1. The fraction of sp³-hybridized carbons (Fsp3) is 0.438. The fourth-order valence-corrected chi connectivity index (χ4v) is 2.56. The van der Waals surface area contributed by atoms with Gasteiger partial charge < -0.3 is 14.7 Å². The minimum atomic E-state index is -0.922. The van der Waals surface area contributed by atoms with Crippen LogP contribution in [0.2, 0.25) is 0 Å². The number of hydrogen-bond acceptors (Lipinski definition) is 3. The van der Waals surface area contributed by atoms with Crippen LogP contribution < -0.4 is 4.90 Å². The van der Waals surface area contributed by atoms with E-state index < -0.39 is 5.97 Å². The number of carboxylic acids is 1. The van der Waals surface area contributed by atoms with Gasteiger partial charge in [-0.1, -0.05) is 12.1 Å². The zero-order chi connectivity index (χ0) is 14.4. The largest absolute Gasteiger partial charge is 0.478 e. The van der Waals surface area contributed by atoms with Gasteiger partial charge in [0.05, 0.1) is 0 Å². The van der Waals surface area contributed by atoms with E-state index in [0.717, 1.165) is 44.2 Å². The van der Waals surface area contributed by atoms with Crippen LogP contribution in [0.1, 0.15) is 18.4 Å². The SMILES string of the molecule is COCC1CCN(c2ccc(C=CC(=O)O)cc2)CC1. The third kappa shape index (κ3) is 4.10. The van der Waals surface area contributed by atoms with Crippen molar-refractivity contribution in [1.29, 1.82) is 0 Å². The van der Waals surface area contributed by atoms with Gasteiger partial charge in [-0.3, -0.25) is 0 Å². The topological polar surface area (TPSA) is 49.8 Å². The summed E-state index contributed by atoms with van der Waals surface area (Å²) in [4.78, 5) is 12.8. The highest BCUT2D eigenvalue weighted by atomic mass is 16.5. The average Bonchev–Trinajstić information content (AvgIpc) is 2.47. The van der Waals surface area contributed by atoms with E-state index in [2.05, 4.69) is 17.0 Å². The molecule has 0 saturated carbocycles. The Kier molecular flexibility index (Phi) is 5.18. The summed E-state index contributed by atoms with van der Waals surface area (Å²) in [6, 6.07) is 8.02. The predicted molar refractivity (Wildman–Crippen MR) is 79.9 cm³/mol. The summed E-state index contributed by atoms with van der Waals surface area (Å²) in [5, 5.41) is 8.60. The summed E-state index contributed by atoms with van der Waals surface area (Å²) >= 11 is 0. The van der Waals surface area contributed by atoms with Gasteiger partial charge in [-0.2, -0.15) is 0 Å². The molecule has 1 aromatic carbocycles. The van der Waals surface area contributed by atoms with Gasteiger partial charge in [0.2, 0.25) is 0 Å². The number of carbonyl (C=O) groups is 1. The summed E-state index contributed by atoms with van der Waals surface area (Å²) in [5.74, 6) is -0.247. The molecule has 1 aromatic rings. The number of methoxy groups -OCH3 is 1. The lowest BCUT2D eigenvalue weighted by Gasteiger charge is -2.33. The average molecular weight is 275 g/mol. The molecule has 1 saturated heterocycles. The summed E-state index contributed by atoms with van der Waals surface area (Å²) in [5.41, 5.74) is 2.11. The normalized spacial score (nSPS) is 16.8. The number of nitrogens with zero attached hydrogens (tertiary/aromatic N) is 1.